The summed E-state index contributed by atoms with van der Waals surface area (Å²) in [5.41, 5.74) is 18.6. The van der Waals surface area contributed by atoms with Crippen LogP contribution < -0.4 is 33.2 Å². The molecule has 0 bridgehead atoms. The molecule has 0 fully saturated rings. The lowest BCUT2D eigenvalue weighted by molar-refractivity contribution is -0.142. The molecule has 2 aromatic carbocycles. The molecule has 2 rings (SSSR count). The van der Waals surface area contributed by atoms with Crippen molar-refractivity contribution in [3.63, 3.8) is 0 Å². The van der Waals surface area contributed by atoms with Gasteiger partial charge in [0.2, 0.25) is 17.7 Å². The minimum Gasteiger partial charge on any atom is -0.480 e. The molecule has 42 heavy (non-hydrogen) atoms. The van der Waals surface area contributed by atoms with Gasteiger partial charge < -0.3 is 38.3 Å². The van der Waals surface area contributed by atoms with E-state index in [1.165, 1.54) is 0 Å². The van der Waals surface area contributed by atoms with Crippen molar-refractivity contribution < 1.29 is 24.3 Å². The van der Waals surface area contributed by atoms with Crippen molar-refractivity contribution in [3.8, 4) is 0 Å². The van der Waals surface area contributed by atoms with Gasteiger partial charge in [-0.05, 0) is 42.7 Å². The maximum Gasteiger partial charge on any atom is 0.326 e. The smallest absolute Gasteiger partial charge is 0.326 e. The molecule has 3 amide bonds. The summed E-state index contributed by atoms with van der Waals surface area (Å²) in [5.74, 6) is -3.05. The highest BCUT2D eigenvalue weighted by Gasteiger charge is 2.30. The van der Waals surface area contributed by atoms with Crippen LogP contribution in [0.5, 0.6) is 0 Å². The molecule has 0 saturated heterocycles. The SMILES string of the molecule is CC(C)CC(NC(=O)C(Cc1ccccc1)NC(=O)C(CCCN=C(N)N)NC(=O)C(N)Cc1ccccc1)C(=O)O. The molecule has 2 aromatic rings. The number of hydrogen-bond acceptors (Lipinski definition) is 6. The minimum absolute atomic E-state index is 0.0125. The van der Waals surface area contributed by atoms with Gasteiger partial charge in [0.25, 0.3) is 0 Å². The van der Waals surface area contributed by atoms with Crippen molar-refractivity contribution in [1.29, 1.82) is 0 Å². The van der Waals surface area contributed by atoms with Crippen LogP contribution in [0.25, 0.3) is 0 Å². The van der Waals surface area contributed by atoms with Gasteiger partial charge in [0.05, 0.1) is 6.04 Å². The van der Waals surface area contributed by atoms with E-state index in [0.717, 1.165) is 11.1 Å². The Balaban J connectivity index is 2.23. The Labute approximate surface area is 246 Å². The van der Waals surface area contributed by atoms with Gasteiger partial charge >= 0.3 is 5.97 Å². The van der Waals surface area contributed by atoms with Gasteiger partial charge in [-0.2, -0.15) is 0 Å². The topological polar surface area (TPSA) is 215 Å². The molecule has 0 aromatic heterocycles. The zero-order chi connectivity index (χ0) is 31.1. The lowest BCUT2D eigenvalue weighted by Crippen LogP contribution is -2.57. The van der Waals surface area contributed by atoms with E-state index >= 15 is 0 Å². The number of nitrogens with zero attached hydrogens (tertiary/aromatic N) is 1. The first-order valence-corrected chi connectivity index (χ1v) is 14.0. The molecule has 0 aliphatic carbocycles. The van der Waals surface area contributed by atoms with Crippen LogP contribution in [0.15, 0.2) is 65.7 Å². The van der Waals surface area contributed by atoms with E-state index < -0.39 is 47.9 Å². The highest BCUT2D eigenvalue weighted by atomic mass is 16.4. The number of carbonyl (C=O) groups is 4. The number of nitrogens with one attached hydrogen (secondary N) is 3. The van der Waals surface area contributed by atoms with E-state index in [2.05, 4.69) is 20.9 Å². The third kappa shape index (κ3) is 12.4. The quantitative estimate of drug-likeness (QED) is 0.0788. The number of amides is 3. The number of benzene rings is 2. The van der Waals surface area contributed by atoms with Crippen LogP contribution in [0.2, 0.25) is 0 Å². The van der Waals surface area contributed by atoms with E-state index in [1.807, 2.05) is 50.2 Å². The molecule has 228 valence electrons. The number of guanidine groups is 1. The maximum atomic E-state index is 13.5. The van der Waals surface area contributed by atoms with Crippen LogP contribution in [0, 0.1) is 5.92 Å². The van der Waals surface area contributed by atoms with Gasteiger partial charge in [0, 0.05) is 13.0 Å². The average molecular weight is 582 g/mol. The summed E-state index contributed by atoms with van der Waals surface area (Å²) in [6, 6.07) is 14.0. The van der Waals surface area contributed by atoms with Gasteiger partial charge in [-0.15, -0.1) is 0 Å². The van der Waals surface area contributed by atoms with Gasteiger partial charge in [-0.1, -0.05) is 74.5 Å². The third-order valence-electron chi connectivity index (χ3n) is 6.45. The maximum absolute atomic E-state index is 13.5. The molecule has 0 aliphatic heterocycles. The number of carboxylic acids is 1. The zero-order valence-electron chi connectivity index (χ0n) is 24.2. The largest absolute Gasteiger partial charge is 0.480 e. The molecule has 0 heterocycles. The van der Waals surface area contributed by atoms with Crippen molar-refractivity contribution in [3.05, 3.63) is 71.8 Å². The van der Waals surface area contributed by atoms with Gasteiger partial charge in [-0.25, -0.2) is 4.79 Å². The summed E-state index contributed by atoms with van der Waals surface area (Å²) in [6.45, 7) is 3.92. The van der Waals surface area contributed by atoms with Crippen LogP contribution in [-0.2, 0) is 32.0 Å². The van der Waals surface area contributed by atoms with Gasteiger partial charge in [0.15, 0.2) is 5.96 Å². The Morgan fingerprint density at radius 1 is 0.762 bits per heavy atom. The number of hydrogen-bond donors (Lipinski definition) is 7. The second kappa shape index (κ2) is 17.4. The Morgan fingerprint density at radius 2 is 1.26 bits per heavy atom. The molecule has 12 nitrogen and oxygen atoms in total. The summed E-state index contributed by atoms with van der Waals surface area (Å²) in [7, 11) is 0. The zero-order valence-corrected chi connectivity index (χ0v) is 24.2. The first-order chi connectivity index (χ1) is 20.0. The van der Waals surface area contributed by atoms with Crippen LogP contribution in [0.3, 0.4) is 0 Å². The van der Waals surface area contributed by atoms with Crippen molar-refractivity contribution in [2.75, 3.05) is 6.54 Å². The molecule has 10 N–H and O–H groups in total. The molecule has 4 unspecified atom stereocenters. The van der Waals surface area contributed by atoms with E-state index in [-0.39, 0.29) is 44.1 Å². The first kappa shape index (κ1) is 33.8. The van der Waals surface area contributed by atoms with Crippen LogP contribution in [0.4, 0.5) is 0 Å². The summed E-state index contributed by atoms with van der Waals surface area (Å²) < 4.78 is 0. The van der Waals surface area contributed by atoms with Gasteiger partial charge in [0.1, 0.15) is 18.1 Å². The highest BCUT2D eigenvalue weighted by molar-refractivity contribution is 5.94. The normalized spacial score (nSPS) is 13.7. The fourth-order valence-electron chi connectivity index (χ4n) is 4.31. The Hall–Kier alpha value is -4.45. The van der Waals surface area contributed by atoms with Crippen LogP contribution in [0.1, 0.15) is 44.2 Å². The van der Waals surface area contributed by atoms with Crippen LogP contribution >= 0.6 is 0 Å². The summed E-state index contributed by atoms with van der Waals surface area (Å²) in [5, 5.41) is 17.6. The highest BCUT2D eigenvalue weighted by Crippen LogP contribution is 2.10. The fourth-order valence-corrected chi connectivity index (χ4v) is 4.31. The molecule has 4 atom stereocenters. The number of carbonyl (C=O) groups excluding carboxylic acids is 3. The first-order valence-electron chi connectivity index (χ1n) is 14.0. The molecule has 0 saturated carbocycles. The van der Waals surface area contributed by atoms with Crippen molar-refractivity contribution in [2.24, 2.45) is 28.1 Å². The molecule has 0 radical (unpaired) electrons. The Bertz CT molecular complexity index is 1190. The van der Waals surface area contributed by atoms with E-state index in [1.54, 1.807) is 24.3 Å². The molecule has 0 spiro atoms. The van der Waals surface area contributed by atoms with E-state index in [9.17, 15) is 24.3 Å². The predicted octanol–water partition coefficient (Wildman–Crippen LogP) is 0.438. The summed E-state index contributed by atoms with van der Waals surface area (Å²) in [4.78, 5) is 55.6. The molecule has 12 heteroatoms. The number of nitrogens with two attached hydrogens (primary N) is 3. The average Bonchev–Trinajstić information content (AvgIpc) is 2.94. The second-order valence-corrected chi connectivity index (χ2v) is 10.6. The predicted molar refractivity (Wildman–Crippen MR) is 161 cm³/mol. The van der Waals surface area contributed by atoms with Crippen LogP contribution in [-0.4, -0.2) is 65.5 Å². The number of aliphatic imine (C=N–C) groups is 1. The van der Waals surface area contributed by atoms with Crippen molar-refractivity contribution in [2.45, 2.75) is 70.1 Å². The third-order valence-corrected chi connectivity index (χ3v) is 6.45. The fraction of sp³-hybridized carbons (Fsp3) is 0.433. The van der Waals surface area contributed by atoms with E-state index in [4.69, 9.17) is 17.2 Å². The minimum atomic E-state index is -1.17. The number of aliphatic carboxylic acids is 1. The lowest BCUT2D eigenvalue weighted by atomic mass is 10.0. The monoisotopic (exact) mass is 581 g/mol. The molecular formula is C30H43N7O5. The van der Waals surface area contributed by atoms with Crippen molar-refractivity contribution in [1.82, 2.24) is 16.0 Å². The van der Waals surface area contributed by atoms with E-state index in [0.29, 0.717) is 6.42 Å². The number of carboxylic acid groups (broad SMARTS) is 1. The number of rotatable bonds is 17. The summed E-state index contributed by atoms with van der Waals surface area (Å²) >= 11 is 0. The van der Waals surface area contributed by atoms with Gasteiger partial charge in [-0.3, -0.25) is 19.4 Å². The molecular weight excluding hydrogens is 538 g/mol. The Kier molecular flexibility index (Phi) is 14.0. The Morgan fingerprint density at radius 3 is 1.79 bits per heavy atom. The second-order valence-electron chi connectivity index (χ2n) is 10.6. The van der Waals surface area contributed by atoms with Crippen molar-refractivity contribution >= 4 is 29.7 Å². The standard InChI is InChI=1S/C30H43N7O5/c1-19(2)16-25(29(41)42)37-28(40)24(18-21-12-7-4-8-13-21)36-27(39)23(14-9-15-34-30(32)33)35-26(38)22(31)17-20-10-5-3-6-11-20/h3-8,10-13,19,22-25H,9,14-18,31H2,1-2H3,(H,35,38)(H,36,39)(H,37,40)(H,41,42)(H4,32,33,34). The molecule has 0 aliphatic rings. The lowest BCUT2D eigenvalue weighted by Gasteiger charge is -2.26. The summed E-state index contributed by atoms with van der Waals surface area (Å²) in [6.07, 6.45) is 1.11.